The third-order valence-corrected chi connectivity index (χ3v) is 4.11. The summed E-state index contributed by atoms with van der Waals surface area (Å²) in [5.74, 6) is -0.986. The highest BCUT2D eigenvalue weighted by Crippen LogP contribution is 2.16. The Morgan fingerprint density at radius 1 is 0.893 bits per heavy atom. The summed E-state index contributed by atoms with van der Waals surface area (Å²) in [6.07, 6.45) is 0.601. The van der Waals surface area contributed by atoms with Crippen molar-refractivity contribution in [1.29, 1.82) is 5.26 Å². The van der Waals surface area contributed by atoms with Crippen molar-refractivity contribution in [2.45, 2.75) is 6.42 Å². The molecule has 0 fully saturated rings. The van der Waals surface area contributed by atoms with E-state index in [9.17, 15) is 9.59 Å². The summed E-state index contributed by atoms with van der Waals surface area (Å²) < 4.78 is 5.18. The Morgan fingerprint density at radius 2 is 1.57 bits per heavy atom. The monoisotopic (exact) mass is 370 g/mol. The lowest BCUT2D eigenvalue weighted by Gasteiger charge is -2.10. The molecule has 0 radical (unpaired) electrons. The first-order valence-electron chi connectivity index (χ1n) is 8.74. The van der Waals surface area contributed by atoms with E-state index >= 15 is 0 Å². The van der Waals surface area contributed by atoms with E-state index < -0.39 is 18.5 Å². The second-order valence-corrected chi connectivity index (χ2v) is 6.13. The largest absolute Gasteiger partial charge is 0.452 e. The first-order chi connectivity index (χ1) is 13.7. The number of nitrogens with one attached hydrogen (secondary N) is 1. The van der Waals surface area contributed by atoms with E-state index in [2.05, 4.69) is 5.32 Å². The molecule has 3 aromatic carbocycles. The van der Waals surface area contributed by atoms with Crippen LogP contribution in [0, 0.1) is 11.3 Å². The van der Waals surface area contributed by atoms with Crippen LogP contribution in [0.15, 0.2) is 78.9 Å². The zero-order valence-electron chi connectivity index (χ0n) is 15.1. The number of hydrogen-bond donors (Lipinski definition) is 1. The lowest BCUT2D eigenvalue weighted by Crippen LogP contribution is -2.21. The molecule has 138 valence electrons. The molecule has 0 bridgehead atoms. The van der Waals surface area contributed by atoms with Crippen LogP contribution in [0.25, 0.3) is 0 Å². The molecule has 3 aromatic rings. The number of hydrogen-bond acceptors (Lipinski definition) is 4. The number of ether oxygens (including phenoxy) is 1. The lowest BCUT2D eigenvalue weighted by molar-refractivity contribution is -0.119. The molecule has 0 saturated carbocycles. The number of rotatable bonds is 6. The molecule has 5 nitrogen and oxygen atoms in total. The van der Waals surface area contributed by atoms with Gasteiger partial charge in [-0.15, -0.1) is 0 Å². The SMILES string of the molecule is N#Cc1ccc(NC(=O)COC(=O)c2ccccc2Cc2ccccc2)cc1. The van der Waals surface area contributed by atoms with E-state index in [1.165, 1.54) is 0 Å². The van der Waals surface area contributed by atoms with Gasteiger partial charge in [0.1, 0.15) is 0 Å². The molecule has 0 heterocycles. The maximum absolute atomic E-state index is 12.5. The molecular formula is C23H18N2O3. The van der Waals surface area contributed by atoms with Crippen molar-refractivity contribution in [3.63, 3.8) is 0 Å². The predicted molar refractivity (Wildman–Crippen MR) is 106 cm³/mol. The number of esters is 1. The summed E-state index contributed by atoms with van der Waals surface area (Å²) >= 11 is 0. The Balaban J connectivity index is 1.60. The van der Waals surface area contributed by atoms with Gasteiger partial charge < -0.3 is 10.1 Å². The number of nitriles is 1. The highest BCUT2D eigenvalue weighted by Gasteiger charge is 2.14. The molecule has 0 unspecified atom stereocenters. The van der Waals surface area contributed by atoms with Crippen molar-refractivity contribution < 1.29 is 14.3 Å². The molecule has 28 heavy (non-hydrogen) atoms. The number of benzene rings is 3. The van der Waals surface area contributed by atoms with Crippen molar-refractivity contribution in [1.82, 2.24) is 0 Å². The molecule has 0 aromatic heterocycles. The summed E-state index contributed by atoms with van der Waals surface area (Å²) in [7, 11) is 0. The fourth-order valence-electron chi connectivity index (χ4n) is 2.72. The number of carbonyl (C=O) groups is 2. The van der Waals surface area contributed by atoms with Crippen LogP contribution in [0.5, 0.6) is 0 Å². The summed E-state index contributed by atoms with van der Waals surface area (Å²) in [5, 5.41) is 11.4. The quantitative estimate of drug-likeness (QED) is 0.667. The molecule has 1 N–H and O–H groups in total. The van der Waals surface area contributed by atoms with Gasteiger partial charge in [-0.1, -0.05) is 48.5 Å². The van der Waals surface area contributed by atoms with E-state index in [4.69, 9.17) is 10.00 Å². The lowest BCUT2D eigenvalue weighted by atomic mass is 10.00. The minimum atomic E-state index is -0.540. The number of anilines is 1. The Kier molecular flexibility index (Phi) is 6.17. The van der Waals surface area contributed by atoms with E-state index in [-0.39, 0.29) is 0 Å². The van der Waals surface area contributed by atoms with Crippen LogP contribution in [0.1, 0.15) is 27.0 Å². The van der Waals surface area contributed by atoms with Crippen LogP contribution >= 0.6 is 0 Å². The molecular weight excluding hydrogens is 352 g/mol. The third-order valence-electron chi connectivity index (χ3n) is 4.11. The average molecular weight is 370 g/mol. The van der Waals surface area contributed by atoms with Gasteiger partial charge in [-0.2, -0.15) is 5.26 Å². The maximum Gasteiger partial charge on any atom is 0.338 e. The van der Waals surface area contributed by atoms with Crippen molar-refractivity contribution in [3.05, 3.63) is 101 Å². The average Bonchev–Trinajstić information content (AvgIpc) is 2.74. The Bertz CT molecular complexity index is 1010. The van der Waals surface area contributed by atoms with Gasteiger partial charge in [0.15, 0.2) is 6.61 Å². The second-order valence-electron chi connectivity index (χ2n) is 6.13. The first kappa shape index (κ1) is 18.9. The van der Waals surface area contributed by atoms with E-state index in [1.54, 1.807) is 36.4 Å². The van der Waals surface area contributed by atoms with Crippen molar-refractivity contribution in [2.75, 3.05) is 11.9 Å². The van der Waals surface area contributed by atoms with Crippen LogP contribution in [-0.4, -0.2) is 18.5 Å². The molecule has 0 saturated heterocycles. The van der Waals surface area contributed by atoms with Crippen molar-refractivity contribution in [2.24, 2.45) is 0 Å². The fraction of sp³-hybridized carbons (Fsp3) is 0.0870. The number of amides is 1. The minimum absolute atomic E-state index is 0.390. The number of nitrogens with zero attached hydrogens (tertiary/aromatic N) is 1. The molecule has 0 aliphatic rings. The molecule has 5 heteroatoms. The van der Waals surface area contributed by atoms with Gasteiger partial charge >= 0.3 is 5.97 Å². The highest BCUT2D eigenvalue weighted by atomic mass is 16.5. The summed E-state index contributed by atoms with van der Waals surface area (Å²) in [6, 6.07) is 25.5. The van der Waals surface area contributed by atoms with Crippen LogP contribution in [0.3, 0.4) is 0 Å². The van der Waals surface area contributed by atoms with Gasteiger partial charge in [0.2, 0.25) is 0 Å². The van der Waals surface area contributed by atoms with E-state index in [0.717, 1.165) is 11.1 Å². The van der Waals surface area contributed by atoms with Crippen molar-refractivity contribution in [3.8, 4) is 6.07 Å². The summed E-state index contributed by atoms with van der Waals surface area (Å²) in [5.41, 5.74) is 3.40. The van der Waals surface area contributed by atoms with E-state index in [1.807, 2.05) is 48.5 Å². The Hall–Kier alpha value is -3.91. The van der Waals surface area contributed by atoms with Gasteiger partial charge in [-0.05, 0) is 47.9 Å². The molecule has 0 aliphatic carbocycles. The predicted octanol–water partition coefficient (Wildman–Crippen LogP) is 3.94. The van der Waals surface area contributed by atoms with Gasteiger partial charge in [0.05, 0.1) is 17.2 Å². The fourth-order valence-corrected chi connectivity index (χ4v) is 2.72. The maximum atomic E-state index is 12.5. The summed E-state index contributed by atoms with van der Waals surface area (Å²) in [6.45, 7) is -0.390. The normalized spacial score (nSPS) is 9.96. The standard InChI is InChI=1S/C23H18N2O3/c24-15-18-10-12-20(13-11-18)25-22(26)16-28-23(27)21-9-5-4-8-19(21)14-17-6-2-1-3-7-17/h1-13H,14,16H2,(H,25,26). The first-order valence-corrected chi connectivity index (χ1v) is 8.74. The zero-order valence-corrected chi connectivity index (χ0v) is 15.1. The zero-order chi connectivity index (χ0) is 19.8. The van der Waals surface area contributed by atoms with Crippen LogP contribution in [-0.2, 0) is 16.0 Å². The molecule has 0 spiro atoms. The van der Waals surface area contributed by atoms with Gasteiger partial charge in [-0.25, -0.2) is 4.79 Å². The number of carbonyl (C=O) groups excluding carboxylic acids is 2. The smallest absolute Gasteiger partial charge is 0.338 e. The highest BCUT2D eigenvalue weighted by molar-refractivity contribution is 5.96. The van der Waals surface area contributed by atoms with Gasteiger partial charge in [0, 0.05) is 5.69 Å². The molecule has 0 aliphatic heterocycles. The Morgan fingerprint density at radius 3 is 2.29 bits per heavy atom. The van der Waals surface area contributed by atoms with E-state index in [0.29, 0.717) is 23.2 Å². The molecule has 1 amide bonds. The van der Waals surface area contributed by atoms with Crippen molar-refractivity contribution >= 4 is 17.6 Å². The van der Waals surface area contributed by atoms with Crippen LogP contribution < -0.4 is 5.32 Å². The van der Waals surface area contributed by atoms with Gasteiger partial charge in [0.25, 0.3) is 5.91 Å². The van der Waals surface area contributed by atoms with Crippen LogP contribution in [0.2, 0.25) is 0 Å². The van der Waals surface area contributed by atoms with Gasteiger partial charge in [-0.3, -0.25) is 4.79 Å². The minimum Gasteiger partial charge on any atom is -0.452 e. The third kappa shape index (κ3) is 5.05. The molecule has 0 atom stereocenters. The second kappa shape index (κ2) is 9.15. The molecule has 3 rings (SSSR count). The van der Waals surface area contributed by atoms with Crippen LogP contribution in [0.4, 0.5) is 5.69 Å². The topological polar surface area (TPSA) is 79.2 Å². The summed E-state index contributed by atoms with van der Waals surface area (Å²) in [4.78, 5) is 24.5. The Labute approximate surface area is 163 Å².